The molecule has 0 radical (unpaired) electrons. The lowest BCUT2D eigenvalue weighted by Gasteiger charge is -2.21. The molecule has 1 saturated carbocycles. The number of hydrogen-bond acceptors (Lipinski definition) is 3. The average molecular weight is 215 g/mol. The molecule has 1 rings (SSSR count). The molecular formula is C11H21NO3. The Balaban J connectivity index is 2.15. The van der Waals surface area contributed by atoms with E-state index in [-0.39, 0.29) is 6.42 Å². The van der Waals surface area contributed by atoms with Gasteiger partial charge in [-0.15, -0.1) is 0 Å². The van der Waals surface area contributed by atoms with Crippen LogP contribution in [0.3, 0.4) is 0 Å². The molecule has 0 heterocycles. The molecule has 1 aliphatic rings. The molecule has 1 fully saturated rings. The lowest BCUT2D eigenvalue weighted by atomic mass is 9.99. The highest BCUT2D eigenvalue weighted by Gasteiger charge is 2.21. The molecule has 3 N–H and O–H groups in total. The zero-order valence-electron chi connectivity index (χ0n) is 9.28. The molecule has 1 aliphatic carbocycles. The minimum absolute atomic E-state index is 0.176. The van der Waals surface area contributed by atoms with Crippen molar-refractivity contribution in [1.82, 2.24) is 5.32 Å². The van der Waals surface area contributed by atoms with Gasteiger partial charge in [-0.3, -0.25) is 4.79 Å². The Morgan fingerprint density at radius 3 is 2.60 bits per heavy atom. The molecule has 2 atom stereocenters. The van der Waals surface area contributed by atoms with E-state index in [4.69, 9.17) is 5.11 Å². The molecule has 1 unspecified atom stereocenters. The predicted octanol–water partition coefficient (Wildman–Crippen LogP) is 0.990. The summed E-state index contributed by atoms with van der Waals surface area (Å²) >= 11 is 0. The van der Waals surface area contributed by atoms with E-state index >= 15 is 0 Å². The quantitative estimate of drug-likeness (QED) is 0.618. The second-order valence-electron chi connectivity index (χ2n) is 4.49. The van der Waals surface area contributed by atoms with Gasteiger partial charge >= 0.3 is 5.97 Å². The lowest BCUT2D eigenvalue weighted by molar-refractivity contribution is -0.139. The normalized spacial score (nSPS) is 21.5. The van der Waals surface area contributed by atoms with E-state index in [1.165, 1.54) is 25.7 Å². The van der Waals surface area contributed by atoms with Gasteiger partial charge in [-0.1, -0.05) is 12.8 Å². The van der Waals surface area contributed by atoms with Crippen LogP contribution in [0.5, 0.6) is 0 Å². The first-order valence-electron chi connectivity index (χ1n) is 5.73. The molecule has 4 nitrogen and oxygen atoms in total. The van der Waals surface area contributed by atoms with Crippen LogP contribution in [0.4, 0.5) is 0 Å². The summed E-state index contributed by atoms with van der Waals surface area (Å²) in [6.07, 6.45) is 4.16. The third-order valence-electron chi connectivity index (χ3n) is 3.19. The zero-order valence-corrected chi connectivity index (χ0v) is 9.28. The fourth-order valence-corrected chi connectivity index (χ4v) is 2.22. The topological polar surface area (TPSA) is 69.6 Å². The van der Waals surface area contributed by atoms with Crippen molar-refractivity contribution in [3.8, 4) is 0 Å². The molecule has 0 aromatic carbocycles. The number of hydrogen-bond donors (Lipinski definition) is 3. The third-order valence-corrected chi connectivity index (χ3v) is 3.19. The van der Waals surface area contributed by atoms with Gasteiger partial charge in [0.05, 0.1) is 12.5 Å². The minimum atomic E-state index is -0.946. The number of carboxylic acid groups (broad SMARTS) is 1. The number of carboxylic acids is 1. The molecule has 88 valence electrons. The van der Waals surface area contributed by atoms with Gasteiger partial charge < -0.3 is 15.5 Å². The summed E-state index contributed by atoms with van der Waals surface area (Å²) in [5, 5.41) is 21.1. The smallest absolute Gasteiger partial charge is 0.306 e. The van der Waals surface area contributed by atoms with Crippen molar-refractivity contribution in [2.45, 2.75) is 51.2 Å². The Hall–Kier alpha value is -0.610. The lowest BCUT2D eigenvalue weighted by Crippen LogP contribution is -2.38. The Bertz CT molecular complexity index is 202. The van der Waals surface area contributed by atoms with E-state index in [1.807, 2.05) is 0 Å². The van der Waals surface area contributed by atoms with Gasteiger partial charge in [-0.2, -0.15) is 0 Å². The molecule has 0 bridgehead atoms. The molecule has 0 saturated heterocycles. The maximum absolute atomic E-state index is 10.3. The van der Waals surface area contributed by atoms with Crippen LogP contribution in [0.25, 0.3) is 0 Å². The summed E-state index contributed by atoms with van der Waals surface area (Å²) in [6, 6.07) is 0.385. The highest BCUT2D eigenvalue weighted by atomic mass is 16.4. The maximum atomic E-state index is 10.3. The summed E-state index contributed by atoms with van der Waals surface area (Å²) in [6.45, 7) is 2.49. The molecule has 0 amide bonds. The Morgan fingerprint density at radius 1 is 1.47 bits per heavy atom. The molecule has 0 aromatic rings. The van der Waals surface area contributed by atoms with Crippen LogP contribution < -0.4 is 5.32 Å². The van der Waals surface area contributed by atoms with Crippen molar-refractivity contribution in [2.75, 3.05) is 6.54 Å². The van der Waals surface area contributed by atoms with Crippen molar-refractivity contribution in [3.63, 3.8) is 0 Å². The summed E-state index contributed by atoms with van der Waals surface area (Å²) in [5.41, 5.74) is 0. The second-order valence-corrected chi connectivity index (χ2v) is 4.49. The first kappa shape index (κ1) is 12.5. The minimum Gasteiger partial charge on any atom is -0.481 e. The molecular weight excluding hydrogens is 194 g/mol. The van der Waals surface area contributed by atoms with Gasteiger partial charge in [0, 0.05) is 12.6 Å². The SMILES string of the molecule is C[C@@H](NCC(O)CC(=O)O)C1CCCC1. The van der Waals surface area contributed by atoms with Crippen molar-refractivity contribution in [1.29, 1.82) is 0 Å². The Kier molecular flexibility index (Phi) is 5.05. The van der Waals surface area contributed by atoms with Crippen LogP contribution in [0.1, 0.15) is 39.0 Å². The van der Waals surface area contributed by atoms with E-state index in [0.29, 0.717) is 18.5 Å². The Labute approximate surface area is 90.7 Å². The predicted molar refractivity (Wildman–Crippen MR) is 57.7 cm³/mol. The van der Waals surface area contributed by atoms with Gasteiger partial charge in [0.15, 0.2) is 0 Å². The van der Waals surface area contributed by atoms with Crippen molar-refractivity contribution in [3.05, 3.63) is 0 Å². The van der Waals surface area contributed by atoms with Crippen LogP contribution >= 0.6 is 0 Å². The number of carbonyl (C=O) groups is 1. The van der Waals surface area contributed by atoms with E-state index in [2.05, 4.69) is 12.2 Å². The fraction of sp³-hybridized carbons (Fsp3) is 0.909. The Morgan fingerprint density at radius 2 is 2.07 bits per heavy atom. The van der Waals surface area contributed by atoms with Crippen molar-refractivity contribution >= 4 is 5.97 Å². The molecule has 0 aliphatic heterocycles. The van der Waals surface area contributed by atoms with E-state index in [9.17, 15) is 9.90 Å². The van der Waals surface area contributed by atoms with E-state index in [1.54, 1.807) is 0 Å². The summed E-state index contributed by atoms with van der Waals surface area (Å²) < 4.78 is 0. The number of nitrogens with one attached hydrogen (secondary N) is 1. The molecule has 0 aromatic heterocycles. The van der Waals surface area contributed by atoms with Gasteiger partial charge in [0.2, 0.25) is 0 Å². The zero-order chi connectivity index (χ0) is 11.3. The van der Waals surface area contributed by atoms with Gasteiger partial charge in [0.25, 0.3) is 0 Å². The van der Waals surface area contributed by atoms with Crippen LogP contribution in [-0.2, 0) is 4.79 Å². The summed E-state index contributed by atoms with van der Waals surface area (Å²) in [5.74, 6) is -0.250. The molecule has 15 heavy (non-hydrogen) atoms. The van der Waals surface area contributed by atoms with Crippen LogP contribution in [0, 0.1) is 5.92 Å². The van der Waals surface area contributed by atoms with Crippen LogP contribution in [0.15, 0.2) is 0 Å². The number of rotatable bonds is 6. The average Bonchev–Trinajstić information content (AvgIpc) is 2.65. The highest BCUT2D eigenvalue weighted by Crippen LogP contribution is 2.27. The monoisotopic (exact) mass is 215 g/mol. The van der Waals surface area contributed by atoms with Gasteiger partial charge in [-0.05, 0) is 25.7 Å². The number of aliphatic hydroxyl groups is 1. The van der Waals surface area contributed by atoms with Gasteiger partial charge in [-0.25, -0.2) is 0 Å². The van der Waals surface area contributed by atoms with Crippen LogP contribution in [-0.4, -0.2) is 34.9 Å². The third kappa shape index (κ3) is 4.62. The molecule has 4 heteroatoms. The number of aliphatic carboxylic acids is 1. The maximum Gasteiger partial charge on any atom is 0.306 e. The largest absolute Gasteiger partial charge is 0.481 e. The van der Waals surface area contributed by atoms with Crippen molar-refractivity contribution in [2.24, 2.45) is 5.92 Å². The van der Waals surface area contributed by atoms with Gasteiger partial charge in [0.1, 0.15) is 0 Å². The van der Waals surface area contributed by atoms with Crippen LogP contribution in [0.2, 0.25) is 0 Å². The van der Waals surface area contributed by atoms with E-state index < -0.39 is 12.1 Å². The second kappa shape index (κ2) is 6.08. The first-order valence-corrected chi connectivity index (χ1v) is 5.73. The highest BCUT2D eigenvalue weighted by molar-refractivity contribution is 5.67. The number of aliphatic hydroxyl groups excluding tert-OH is 1. The summed E-state index contributed by atoms with van der Waals surface area (Å²) in [4.78, 5) is 10.3. The first-order chi connectivity index (χ1) is 7.09. The molecule has 0 spiro atoms. The standard InChI is InChI=1S/C11H21NO3/c1-8(9-4-2-3-5-9)12-7-10(13)6-11(14)15/h8-10,12-13H,2-7H2,1H3,(H,14,15)/t8-,10?/m1/s1. The fourth-order valence-electron chi connectivity index (χ4n) is 2.22. The van der Waals surface area contributed by atoms with E-state index in [0.717, 1.165) is 0 Å². The van der Waals surface area contributed by atoms with Crippen molar-refractivity contribution < 1.29 is 15.0 Å². The summed E-state index contributed by atoms with van der Waals surface area (Å²) in [7, 11) is 0.